The van der Waals surface area contributed by atoms with Crippen LogP contribution < -0.4 is 0 Å². The summed E-state index contributed by atoms with van der Waals surface area (Å²) in [4.78, 5) is 0. The van der Waals surface area contributed by atoms with Crippen molar-refractivity contribution >= 4 is 28.7 Å². The van der Waals surface area contributed by atoms with Gasteiger partial charge in [-0.05, 0) is 46.0 Å². The molecule has 0 fully saturated rings. The summed E-state index contributed by atoms with van der Waals surface area (Å²) in [7, 11) is 0. The van der Waals surface area contributed by atoms with E-state index in [-0.39, 0.29) is 0 Å². The molecule has 2 heterocycles. The van der Waals surface area contributed by atoms with E-state index in [9.17, 15) is 0 Å². The van der Waals surface area contributed by atoms with Crippen LogP contribution in [0.1, 0.15) is 11.1 Å². The van der Waals surface area contributed by atoms with Gasteiger partial charge in [-0.3, -0.25) is 0 Å². The summed E-state index contributed by atoms with van der Waals surface area (Å²) in [6.07, 6.45) is 3.91. The van der Waals surface area contributed by atoms with Gasteiger partial charge in [-0.2, -0.15) is 22.7 Å². The molecule has 0 spiro atoms. The summed E-state index contributed by atoms with van der Waals surface area (Å²) in [6.45, 7) is 0. The van der Waals surface area contributed by atoms with Gasteiger partial charge in [-0.15, -0.1) is 0 Å². The van der Waals surface area contributed by atoms with Gasteiger partial charge in [0, 0.05) is 10.9 Å². The molecule has 0 amide bonds. The van der Waals surface area contributed by atoms with Gasteiger partial charge in [0.2, 0.25) is 0 Å². The molecule has 2 aromatic heterocycles. The summed E-state index contributed by atoms with van der Waals surface area (Å²) < 4.78 is 0. The monoisotopic (exact) mass is 216 g/mol. The standard InChI is InChI=1S/C12H8S2/c1(3-11-5-7-13-9-11)2-4-12-6-8-14-10-12/h1,3,5-10H/b3-1+. The zero-order valence-corrected chi connectivity index (χ0v) is 9.07. The van der Waals surface area contributed by atoms with Crippen molar-refractivity contribution in [2.75, 3.05) is 0 Å². The molecule has 0 saturated carbocycles. The highest BCUT2D eigenvalue weighted by molar-refractivity contribution is 7.08. The number of hydrogen-bond donors (Lipinski definition) is 0. The van der Waals surface area contributed by atoms with Gasteiger partial charge >= 0.3 is 0 Å². The summed E-state index contributed by atoms with van der Waals surface area (Å²) in [6, 6.07) is 4.10. The molecule has 2 rings (SSSR count). The highest BCUT2D eigenvalue weighted by Crippen LogP contribution is 2.07. The van der Waals surface area contributed by atoms with Crippen molar-refractivity contribution in [2.45, 2.75) is 0 Å². The van der Waals surface area contributed by atoms with Crippen molar-refractivity contribution < 1.29 is 0 Å². The maximum absolute atomic E-state index is 3.06. The van der Waals surface area contributed by atoms with Gasteiger partial charge < -0.3 is 0 Å². The highest BCUT2D eigenvalue weighted by atomic mass is 32.1. The quantitative estimate of drug-likeness (QED) is 0.635. The van der Waals surface area contributed by atoms with Crippen molar-refractivity contribution in [3.8, 4) is 11.8 Å². The molecule has 2 heteroatoms. The van der Waals surface area contributed by atoms with E-state index in [0.29, 0.717) is 0 Å². The minimum absolute atomic E-state index is 1.09. The van der Waals surface area contributed by atoms with E-state index in [1.165, 1.54) is 5.56 Å². The SMILES string of the molecule is C(#Cc1ccsc1)/C=C/c1ccsc1. The van der Waals surface area contributed by atoms with E-state index >= 15 is 0 Å². The first-order valence-corrected chi connectivity index (χ1v) is 6.06. The van der Waals surface area contributed by atoms with Crippen molar-refractivity contribution in [1.29, 1.82) is 0 Å². The van der Waals surface area contributed by atoms with Crippen LogP contribution in [0.4, 0.5) is 0 Å². The van der Waals surface area contributed by atoms with Crippen LogP contribution in [0.25, 0.3) is 6.08 Å². The van der Waals surface area contributed by atoms with Crippen molar-refractivity contribution in [3.63, 3.8) is 0 Å². The molecular formula is C12H8S2. The van der Waals surface area contributed by atoms with Crippen molar-refractivity contribution in [3.05, 3.63) is 50.9 Å². The third kappa shape index (κ3) is 2.59. The normalized spacial score (nSPS) is 10.0. The number of thiophene rings is 2. The first-order valence-electron chi connectivity index (χ1n) is 4.17. The Kier molecular flexibility index (Phi) is 3.18. The second-order valence-corrected chi connectivity index (χ2v) is 4.23. The Morgan fingerprint density at radius 1 is 1.07 bits per heavy atom. The average molecular weight is 216 g/mol. The van der Waals surface area contributed by atoms with Crippen LogP contribution in [-0.4, -0.2) is 0 Å². The second-order valence-electron chi connectivity index (χ2n) is 2.67. The molecule has 0 aromatic carbocycles. The van der Waals surface area contributed by atoms with Crippen LogP contribution >= 0.6 is 22.7 Å². The van der Waals surface area contributed by atoms with Crippen LogP contribution in [0.2, 0.25) is 0 Å². The lowest BCUT2D eigenvalue weighted by molar-refractivity contribution is 1.85. The summed E-state index contributed by atoms with van der Waals surface area (Å²) >= 11 is 3.37. The molecule has 0 nitrogen and oxygen atoms in total. The minimum Gasteiger partial charge on any atom is -0.152 e. The first kappa shape index (κ1) is 9.26. The molecule has 2 aromatic rings. The molecule has 0 unspecified atom stereocenters. The van der Waals surface area contributed by atoms with Gasteiger partial charge in [0.15, 0.2) is 0 Å². The van der Waals surface area contributed by atoms with Gasteiger partial charge in [-0.25, -0.2) is 0 Å². The maximum Gasteiger partial charge on any atom is 0.0355 e. The van der Waals surface area contributed by atoms with Crippen LogP contribution in [0.5, 0.6) is 0 Å². The molecule has 0 bridgehead atoms. The lowest BCUT2D eigenvalue weighted by Gasteiger charge is -1.77. The van der Waals surface area contributed by atoms with Gasteiger partial charge in [-0.1, -0.05) is 11.8 Å². The van der Waals surface area contributed by atoms with Gasteiger partial charge in [0.25, 0.3) is 0 Å². The Labute approximate surface area is 91.5 Å². The zero-order valence-electron chi connectivity index (χ0n) is 7.44. The third-order valence-electron chi connectivity index (χ3n) is 1.64. The van der Waals surface area contributed by atoms with Crippen LogP contribution in [0.15, 0.2) is 39.7 Å². The van der Waals surface area contributed by atoms with E-state index in [0.717, 1.165) is 5.56 Å². The third-order valence-corrected chi connectivity index (χ3v) is 3.02. The summed E-state index contributed by atoms with van der Waals surface area (Å²) in [5.41, 5.74) is 2.31. The Balaban J connectivity index is 2.00. The van der Waals surface area contributed by atoms with Crippen LogP contribution in [0, 0.1) is 11.8 Å². The molecule has 0 N–H and O–H groups in total. The minimum atomic E-state index is 1.09. The molecule has 14 heavy (non-hydrogen) atoms. The van der Waals surface area contributed by atoms with Crippen molar-refractivity contribution in [1.82, 2.24) is 0 Å². The molecule has 0 saturated heterocycles. The lowest BCUT2D eigenvalue weighted by atomic mass is 10.3. The van der Waals surface area contributed by atoms with E-state index in [1.54, 1.807) is 22.7 Å². The summed E-state index contributed by atoms with van der Waals surface area (Å²) in [5, 5.41) is 8.24. The molecule has 0 atom stereocenters. The Morgan fingerprint density at radius 2 is 1.93 bits per heavy atom. The molecule has 0 aliphatic heterocycles. The van der Waals surface area contributed by atoms with Crippen LogP contribution in [-0.2, 0) is 0 Å². The van der Waals surface area contributed by atoms with E-state index in [1.807, 2.05) is 29.0 Å². The number of allylic oxidation sites excluding steroid dienone is 1. The molecule has 0 aliphatic rings. The zero-order chi connectivity index (χ0) is 9.64. The second kappa shape index (κ2) is 4.80. The largest absolute Gasteiger partial charge is 0.152 e. The average Bonchev–Trinajstić information content (AvgIpc) is 2.86. The number of rotatable bonds is 1. The van der Waals surface area contributed by atoms with Crippen LogP contribution in [0.3, 0.4) is 0 Å². The van der Waals surface area contributed by atoms with E-state index < -0.39 is 0 Å². The fourth-order valence-electron chi connectivity index (χ4n) is 0.968. The molecular weight excluding hydrogens is 208 g/mol. The predicted octanol–water partition coefficient (Wildman–Crippen LogP) is 3.87. The molecule has 68 valence electrons. The lowest BCUT2D eigenvalue weighted by Crippen LogP contribution is -1.61. The fourth-order valence-corrected chi connectivity index (χ4v) is 2.18. The Hall–Kier alpha value is -1.30. The molecule has 0 aliphatic carbocycles. The first-order chi connectivity index (χ1) is 6.95. The Bertz CT molecular complexity index is 450. The Morgan fingerprint density at radius 3 is 2.64 bits per heavy atom. The van der Waals surface area contributed by atoms with Gasteiger partial charge in [0.05, 0.1) is 0 Å². The van der Waals surface area contributed by atoms with E-state index in [4.69, 9.17) is 0 Å². The van der Waals surface area contributed by atoms with Gasteiger partial charge in [0.1, 0.15) is 0 Å². The van der Waals surface area contributed by atoms with E-state index in [2.05, 4.69) is 28.7 Å². The maximum atomic E-state index is 3.06. The summed E-state index contributed by atoms with van der Waals surface area (Å²) in [5.74, 6) is 6.07. The highest BCUT2D eigenvalue weighted by Gasteiger charge is 1.83. The smallest absolute Gasteiger partial charge is 0.0355 e. The molecule has 0 radical (unpaired) electrons. The topological polar surface area (TPSA) is 0 Å². The predicted molar refractivity (Wildman–Crippen MR) is 64.6 cm³/mol. The fraction of sp³-hybridized carbons (Fsp3) is 0. The van der Waals surface area contributed by atoms with Crippen molar-refractivity contribution in [2.24, 2.45) is 0 Å². The number of hydrogen-bond acceptors (Lipinski definition) is 2.